The molecule has 58 valence electrons. The number of hydrogen-bond acceptors (Lipinski definition) is 2. The van der Waals surface area contributed by atoms with Gasteiger partial charge in [0.2, 0.25) is 5.91 Å². The first-order chi connectivity index (χ1) is 4.60. The van der Waals surface area contributed by atoms with Crippen molar-refractivity contribution < 1.29 is 9.90 Å². The average Bonchev–Trinajstić information content (AvgIpc) is 2.19. The fourth-order valence-corrected chi connectivity index (χ4v) is 1.23. The van der Waals surface area contributed by atoms with Crippen LogP contribution < -0.4 is 0 Å². The van der Waals surface area contributed by atoms with Crippen LogP contribution in [0, 0.1) is 5.41 Å². The van der Waals surface area contributed by atoms with Crippen LogP contribution in [0.25, 0.3) is 0 Å². The van der Waals surface area contributed by atoms with Gasteiger partial charge in [0, 0.05) is 13.6 Å². The molecule has 0 aromatic heterocycles. The van der Waals surface area contributed by atoms with Crippen LogP contribution in [0.5, 0.6) is 0 Å². The highest BCUT2D eigenvalue weighted by molar-refractivity contribution is 5.84. The number of hydrogen-bond donors (Lipinski definition) is 1. The van der Waals surface area contributed by atoms with Gasteiger partial charge in [-0.2, -0.15) is 0 Å². The van der Waals surface area contributed by atoms with Gasteiger partial charge in [-0.3, -0.25) is 4.79 Å². The Hall–Kier alpha value is -0.570. The molecule has 10 heavy (non-hydrogen) atoms. The van der Waals surface area contributed by atoms with Crippen LogP contribution in [0.1, 0.15) is 13.3 Å². The third-order valence-corrected chi connectivity index (χ3v) is 2.21. The molecular formula is C7H13NO2. The fourth-order valence-electron chi connectivity index (χ4n) is 1.23. The fraction of sp³-hybridized carbons (Fsp3) is 0.857. The summed E-state index contributed by atoms with van der Waals surface area (Å²) in [5.41, 5.74) is -0.491. The zero-order chi connectivity index (χ0) is 7.78. The summed E-state index contributed by atoms with van der Waals surface area (Å²) in [6.45, 7) is 2.55. The van der Waals surface area contributed by atoms with Crippen molar-refractivity contribution in [1.82, 2.24) is 4.90 Å². The monoisotopic (exact) mass is 143 g/mol. The van der Waals surface area contributed by atoms with E-state index < -0.39 is 5.41 Å². The van der Waals surface area contributed by atoms with Gasteiger partial charge in [0.25, 0.3) is 0 Å². The van der Waals surface area contributed by atoms with Gasteiger partial charge in [0.1, 0.15) is 0 Å². The molecular weight excluding hydrogens is 130 g/mol. The van der Waals surface area contributed by atoms with E-state index in [-0.39, 0.29) is 12.5 Å². The second-order valence-electron chi connectivity index (χ2n) is 3.20. The lowest BCUT2D eigenvalue weighted by Gasteiger charge is -2.17. The van der Waals surface area contributed by atoms with Gasteiger partial charge in [-0.05, 0) is 13.3 Å². The maximum atomic E-state index is 11.2. The van der Waals surface area contributed by atoms with Crippen molar-refractivity contribution in [2.45, 2.75) is 13.3 Å². The molecule has 1 atom stereocenters. The van der Waals surface area contributed by atoms with Gasteiger partial charge < -0.3 is 10.0 Å². The van der Waals surface area contributed by atoms with Gasteiger partial charge in [-0.1, -0.05) is 0 Å². The molecule has 1 rings (SSSR count). The van der Waals surface area contributed by atoms with E-state index in [1.54, 1.807) is 18.9 Å². The van der Waals surface area contributed by atoms with E-state index in [1.165, 1.54) is 0 Å². The maximum Gasteiger partial charge on any atom is 0.230 e. The van der Waals surface area contributed by atoms with E-state index >= 15 is 0 Å². The van der Waals surface area contributed by atoms with Crippen LogP contribution in [0.3, 0.4) is 0 Å². The minimum Gasteiger partial charge on any atom is -0.395 e. The van der Waals surface area contributed by atoms with Gasteiger partial charge >= 0.3 is 0 Å². The Balaban J connectivity index is 2.73. The Labute approximate surface area is 60.6 Å². The van der Waals surface area contributed by atoms with Crippen LogP contribution >= 0.6 is 0 Å². The number of rotatable bonds is 1. The summed E-state index contributed by atoms with van der Waals surface area (Å²) in [5, 5.41) is 8.87. The van der Waals surface area contributed by atoms with Crippen LogP contribution in [0.2, 0.25) is 0 Å². The van der Waals surface area contributed by atoms with Crippen molar-refractivity contribution in [2.75, 3.05) is 20.2 Å². The summed E-state index contributed by atoms with van der Waals surface area (Å²) < 4.78 is 0. The van der Waals surface area contributed by atoms with E-state index in [4.69, 9.17) is 5.11 Å². The van der Waals surface area contributed by atoms with E-state index in [0.29, 0.717) is 0 Å². The van der Waals surface area contributed by atoms with Crippen molar-refractivity contribution >= 4 is 5.91 Å². The quantitative estimate of drug-likeness (QED) is 0.554. The highest BCUT2D eigenvalue weighted by Crippen LogP contribution is 2.29. The normalized spacial score (nSPS) is 33.5. The van der Waals surface area contributed by atoms with Crippen molar-refractivity contribution in [2.24, 2.45) is 5.41 Å². The lowest BCUT2D eigenvalue weighted by molar-refractivity contribution is -0.135. The van der Waals surface area contributed by atoms with Gasteiger partial charge in [-0.15, -0.1) is 0 Å². The molecule has 1 N–H and O–H groups in total. The maximum absolute atomic E-state index is 11.2. The molecule has 1 saturated heterocycles. The largest absolute Gasteiger partial charge is 0.395 e. The number of carbonyl (C=O) groups is 1. The highest BCUT2D eigenvalue weighted by Gasteiger charge is 2.40. The zero-order valence-electron chi connectivity index (χ0n) is 6.42. The average molecular weight is 143 g/mol. The first-order valence-corrected chi connectivity index (χ1v) is 3.46. The van der Waals surface area contributed by atoms with Gasteiger partial charge in [-0.25, -0.2) is 0 Å². The second-order valence-corrected chi connectivity index (χ2v) is 3.20. The first-order valence-electron chi connectivity index (χ1n) is 3.46. The highest BCUT2D eigenvalue weighted by atomic mass is 16.3. The molecule has 1 aliphatic heterocycles. The van der Waals surface area contributed by atoms with Crippen LogP contribution in [-0.4, -0.2) is 36.1 Å². The third-order valence-electron chi connectivity index (χ3n) is 2.21. The number of nitrogens with zero attached hydrogens (tertiary/aromatic N) is 1. The predicted octanol–water partition coefficient (Wildman–Crippen LogP) is -0.153. The minimum atomic E-state index is -0.491. The lowest BCUT2D eigenvalue weighted by atomic mass is 9.90. The van der Waals surface area contributed by atoms with Crippen LogP contribution in [0.15, 0.2) is 0 Å². The molecule has 1 aliphatic rings. The molecule has 3 nitrogen and oxygen atoms in total. The Morgan fingerprint density at radius 1 is 1.80 bits per heavy atom. The molecule has 1 fully saturated rings. The van der Waals surface area contributed by atoms with E-state index in [1.807, 2.05) is 0 Å². The molecule has 1 heterocycles. The summed E-state index contributed by atoms with van der Waals surface area (Å²) in [5.74, 6) is 0.0648. The minimum absolute atomic E-state index is 0.0316. The first kappa shape index (κ1) is 7.54. The van der Waals surface area contributed by atoms with Crippen molar-refractivity contribution in [1.29, 1.82) is 0 Å². The summed E-state index contributed by atoms with van der Waals surface area (Å²) in [6, 6.07) is 0. The summed E-state index contributed by atoms with van der Waals surface area (Å²) in [7, 11) is 1.77. The van der Waals surface area contributed by atoms with Crippen LogP contribution in [-0.2, 0) is 4.79 Å². The SMILES string of the molecule is CN1CC[C@@](C)(CO)C1=O. The van der Waals surface area contributed by atoms with E-state index in [2.05, 4.69) is 0 Å². The standard InChI is InChI=1S/C7H13NO2/c1-7(5-9)3-4-8(2)6(7)10/h9H,3-5H2,1-2H3/t7-/m0/s1. The molecule has 0 unspecified atom stereocenters. The second kappa shape index (κ2) is 2.23. The van der Waals surface area contributed by atoms with Crippen LogP contribution in [0.4, 0.5) is 0 Å². The van der Waals surface area contributed by atoms with Gasteiger partial charge in [0.05, 0.1) is 12.0 Å². The predicted molar refractivity (Wildman–Crippen MR) is 37.4 cm³/mol. The molecule has 0 aromatic carbocycles. The van der Waals surface area contributed by atoms with Crippen molar-refractivity contribution in [3.05, 3.63) is 0 Å². The molecule has 1 amide bonds. The molecule has 0 aromatic rings. The number of aliphatic hydroxyl groups is 1. The summed E-state index contributed by atoms with van der Waals surface area (Å²) in [4.78, 5) is 12.9. The molecule has 0 spiro atoms. The Morgan fingerprint density at radius 3 is 2.60 bits per heavy atom. The topological polar surface area (TPSA) is 40.5 Å². The molecule has 0 radical (unpaired) electrons. The lowest BCUT2D eigenvalue weighted by Crippen LogP contribution is -2.32. The van der Waals surface area contributed by atoms with Crippen molar-refractivity contribution in [3.63, 3.8) is 0 Å². The zero-order valence-corrected chi connectivity index (χ0v) is 6.42. The Morgan fingerprint density at radius 2 is 2.40 bits per heavy atom. The number of carbonyl (C=O) groups excluding carboxylic acids is 1. The van der Waals surface area contributed by atoms with Crippen molar-refractivity contribution in [3.8, 4) is 0 Å². The summed E-state index contributed by atoms with van der Waals surface area (Å²) >= 11 is 0. The smallest absolute Gasteiger partial charge is 0.230 e. The number of likely N-dealkylation sites (tertiary alicyclic amines) is 1. The Kier molecular flexibility index (Phi) is 1.68. The number of aliphatic hydroxyl groups excluding tert-OH is 1. The number of amides is 1. The van der Waals surface area contributed by atoms with Gasteiger partial charge in [0.15, 0.2) is 0 Å². The molecule has 3 heteroatoms. The Bertz CT molecular complexity index is 158. The third kappa shape index (κ3) is 0.904. The van der Waals surface area contributed by atoms with E-state index in [9.17, 15) is 4.79 Å². The summed E-state index contributed by atoms with van der Waals surface area (Å²) in [6.07, 6.45) is 0.777. The molecule has 0 bridgehead atoms. The van der Waals surface area contributed by atoms with E-state index in [0.717, 1.165) is 13.0 Å². The molecule has 0 saturated carbocycles. The molecule has 0 aliphatic carbocycles.